The van der Waals surface area contributed by atoms with Crippen molar-refractivity contribution in [3.05, 3.63) is 29.8 Å². The third-order valence-electron chi connectivity index (χ3n) is 3.00. The molecular weight excluding hydrogens is 283 g/mol. The van der Waals surface area contributed by atoms with Gasteiger partial charge in [0.1, 0.15) is 12.4 Å². The number of aromatic nitrogens is 1. The van der Waals surface area contributed by atoms with Gasteiger partial charge in [0.2, 0.25) is 0 Å². The maximum atomic E-state index is 13.0. The fourth-order valence-electron chi connectivity index (χ4n) is 2.02. The van der Waals surface area contributed by atoms with E-state index >= 15 is 0 Å². The fraction of sp³-hybridized carbons (Fsp3) is 0.462. The average molecular weight is 298 g/mol. The summed E-state index contributed by atoms with van der Waals surface area (Å²) in [5, 5.41) is 11.3. The zero-order valence-electron chi connectivity index (χ0n) is 11.1. The second-order valence-corrected chi connectivity index (χ2v) is 4.58. The summed E-state index contributed by atoms with van der Waals surface area (Å²) in [4.78, 5) is 26.1. The van der Waals surface area contributed by atoms with E-state index in [0.717, 1.165) is 12.3 Å². The lowest BCUT2D eigenvalue weighted by atomic mass is 10.1. The van der Waals surface area contributed by atoms with Crippen molar-refractivity contribution >= 4 is 11.9 Å². The molecule has 0 unspecified atom stereocenters. The molecule has 1 aromatic rings. The Balaban J connectivity index is 1.98. The van der Waals surface area contributed by atoms with Crippen molar-refractivity contribution in [3.8, 4) is 0 Å². The van der Waals surface area contributed by atoms with Gasteiger partial charge in [0.25, 0.3) is 5.91 Å². The molecule has 1 aliphatic heterocycles. The topological polar surface area (TPSA) is 97.8 Å². The number of hydrogen-bond acceptors (Lipinski definition) is 5. The van der Waals surface area contributed by atoms with Gasteiger partial charge in [-0.1, -0.05) is 0 Å². The smallest absolute Gasteiger partial charge is 0.329 e. The molecule has 0 aromatic carbocycles. The lowest BCUT2D eigenvalue weighted by Crippen LogP contribution is -2.51. The van der Waals surface area contributed by atoms with Gasteiger partial charge in [-0.25, -0.2) is 9.18 Å². The van der Waals surface area contributed by atoms with E-state index in [4.69, 9.17) is 14.6 Å². The van der Waals surface area contributed by atoms with Gasteiger partial charge in [-0.2, -0.15) is 0 Å². The Morgan fingerprint density at radius 3 is 3.05 bits per heavy atom. The maximum Gasteiger partial charge on any atom is 0.329 e. The van der Waals surface area contributed by atoms with Gasteiger partial charge in [-0.05, 0) is 12.5 Å². The van der Waals surface area contributed by atoms with Crippen LogP contribution < -0.4 is 5.32 Å². The molecule has 2 heterocycles. The monoisotopic (exact) mass is 298 g/mol. The van der Waals surface area contributed by atoms with E-state index in [2.05, 4.69) is 10.3 Å². The molecule has 7 nitrogen and oxygen atoms in total. The van der Waals surface area contributed by atoms with E-state index in [1.165, 1.54) is 6.20 Å². The van der Waals surface area contributed by atoms with Crippen molar-refractivity contribution < 1.29 is 28.6 Å². The predicted molar refractivity (Wildman–Crippen MR) is 68.3 cm³/mol. The van der Waals surface area contributed by atoms with Gasteiger partial charge in [0.15, 0.2) is 0 Å². The number of nitrogens with one attached hydrogen (secondary N) is 1. The Kier molecular flexibility index (Phi) is 5.18. The van der Waals surface area contributed by atoms with Gasteiger partial charge in [0, 0.05) is 12.8 Å². The number of aliphatic carboxylic acids is 1. The summed E-state index contributed by atoms with van der Waals surface area (Å²) in [5.41, 5.74) is 0.0811. The SMILES string of the molecule is O=C(O)CO[C@@H]1CCOC[C@@H]1NC(=O)c1cncc(F)c1. The van der Waals surface area contributed by atoms with Gasteiger partial charge >= 0.3 is 5.97 Å². The fourth-order valence-corrected chi connectivity index (χ4v) is 2.02. The number of rotatable bonds is 5. The molecule has 8 heteroatoms. The summed E-state index contributed by atoms with van der Waals surface area (Å²) in [6, 6.07) is 0.577. The van der Waals surface area contributed by atoms with Crippen molar-refractivity contribution in [1.82, 2.24) is 10.3 Å². The molecule has 2 N–H and O–H groups in total. The molecule has 1 aliphatic rings. The Bertz CT molecular complexity index is 525. The van der Waals surface area contributed by atoms with E-state index < -0.39 is 36.4 Å². The molecular formula is C13H15FN2O5. The highest BCUT2D eigenvalue weighted by atomic mass is 19.1. The first-order valence-corrected chi connectivity index (χ1v) is 6.39. The van der Waals surface area contributed by atoms with Crippen molar-refractivity contribution in [2.24, 2.45) is 0 Å². The molecule has 1 amide bonds. The average Bonchev–Trinajstić information content (AvgIpc) is 2.46. The summed E-state index contributed by atoms with van der Waals surface area (Å²) in [6.45, 7) is 0.190. The Hall–Kier alpha value is -2.06. The van der Waals surface area contributed by atoms with Crippen LogP contribution in [0.5, 0.6) is 0 Å². The van der Waals surface area contributed by atoms with Crippen LogP contribution in [-0.4, -0.2) is 53.9 Å². The molecule has 2 rings (SSSR count). The molecule has 21 heavy (non-hydrogen) atoms. The minimum Gasteiger partial charge on any atom is -0.480 e. The zero-order valence-corrected chi connectivity index (χ0v) is 11.1. The van der Waals surface area contributed by atoms with Crippen LogP contribution in [0.3, 0.4) is 0 Å². The second kappa shape index (κ2) is 7.09. The minimum absolute atomic E-state index is 0.0811. The third-order valence-corrected chi connectivity index (χ3v) is 3.00. The van der Waals surface area contributed by atoms with Crippen LogP contribution in [0.2, 0.25) is 0 Å². The number of amides is 1. The van der Waals surface area contributed by atoms with E-state index in [1.54, 1.807) is 0 Å². The zero-order chi connectivity index (χ0) is 15.2. The molecule has 0 radical (unpaired) electrons. The van der Waals surface area contributed by atoms with E-state index in [0.29, 0.717) is 13.0 Å². The molecule has 0 saturated carbocycles. The Morgan fingerprint density at radius 1 is 1.52 bits per heavy atom. The van der Waals surface area contributed by atoms with Crippen molar-refractivity contribution in [1.29, 1.82) is 0 Å². The predicted octanol–water partition coefficient (Wildman–Crippen LogP) is 0.209. The number of nitrogens with zero attached hydrogens (tertiary/aromatic N) is 1. The van der Waals surface area contributed by atoms with Crippen LogP contribution in [0.1, 0.15) is 16.8 Å². The number of hydrogen-bond donors (Lipinski definition) is 2. The molecule has 0 aliphatic carbocycles. The summed E-state index contributed by atoms with van der Waals surface area (Å²) in [5.74, 6) is -2.21. The summed E-state index contributed by atoms with van der Waals surface area (Å²) in [7, 11) is 0. The molecule has 0 spiro atoms. The molecule has 114 valence electrons. The van der Waals surface area contributed by atoms with Gasteiger partial charge < -0.3 is 19.9 Å². The lowest BCUT2D eigenvalue weighted by molar-refractivity contribution is -0.147. The van der Waals surface area contributed by atoms with Gasteiger partial charge in [0.05, 0.1) is 30.5 Å². The number of carbonyl (C=O) groups excluding carboxylic acids is 1. The Morgan fingerprint density at radius 2 is 2.33 bits per heavy atom. The molecule has 1 fully saturated rings. The summed E-state index contributed by atoms with van der Waals surface area (Å²) < 4.78 is 23.5. The van der Waals surface area contributed by atoms with Crippen LogP contribution in [0.4, 0.5) is 4.39 Å². The van der Waals surface area contributed by atoms with Crippen LogP contribution in [0, 0.1) is 5.82 Å². The standard InChI is InChI=1S/C13H15FN2O5/c14-9-3-8(4-15-5-9)13(19)16-10-6-20-2-1-11(10)21-7-12(17)18/h3-5,10-11H,1-2,6-7H2,(H,16,19)(H,17,18)/t10-,11+/m0/s1. The summed E-state index contributed by atoms with van der Waals surface area (Å²) in [6.07, 6.45) is 2.26. The van der Waals surface area contributed by atoms with Crippen LogP contribution in [0.25, 0.3) is 0 Å². The number of halogens is 1. The third kappa shape index (κ3) is 4.47. The lowest BCUT2D eigenvalue weighted by Gasteiger charge is -2.31. The number of ether oxygens (including phenoxy) is 2. The Labute approximate surface area is 120 Å². The van der Waals surface area contributed by atoms with Crippen molar-refractivity contribution in [2.75, 3.05) is 19.8 Å². The molecule has 2 atom stereocenters. The first-order chi connectivity index (χ1) is 10.1. The van der Waals surface area contributed by atoms with Crippen LogP contribution in [0.15, 0.2) is 18.5 Å². The molecule has 1 saturated heterocycles. The first-order valence-electron chi connectivity index (χ1n) is 6.39. The summed E-state index contributed by atoms with van der Waals surface area (Å²) >= 11 is 0. The maximum absolute atomic E-state index is 13.0. The number of carboxylic acid groups (broad SMARTS) is 1. The van der Waals surface area contributed by atoms with Crippen LogP contribution >= 0.6 is 0 Å². The van der Waals surface area contributed by atoms with Crippen molar-refractivity contribution in [2.45, 2.75) is 18.6 Å². The van der Waals surface area contributed by atoms with Gasteiger partial charge in [-0.3, -0.25) is 9.78 Å². The highest BCUT2D eigenvalue weighted by Crippen LogP contribution is 2.13. The minimum atomic E-state index is -1.08. The highest BCUT2D eigenvalue weighted by molar-refractivity contribution is 5.94. The van der Waals surface area contributed by atoms with Gasteiger partial charge in [-0.15, -0.1) is 0 Å². The second-order valence-electron chi connectivity index (χ2n) is 4.58. The normalized spacial score (nSPS) is 21.8. The largest absolute Gasteiger partial charge is 0.480 e. The number of carbonyl (C=O) groups is 2. The van der Waals surface area contributed by atoms with E-state index in [1.807, 2.05) is 0 Å². The van der Waals surface area contributed by atoms with E-state index in [9.17, 15) is 14.0 Å². The quantitative estimate of drug-likeness (QED) is 0.806. The first kappa shape index (κ1) is 15.3. The molecule has 0 bridgehead atoms. The highest BCUT2D eigenvalue weighted by Gasteiger charge is 2.29. The van der Waals surface area contributed by atoms with E-state index in [-0.39, 0.29) is 12.2 Å². The van der Waals surface area contributed by atoms with Crippen molar-refractivity contribution in [3.63, 3.8) is 0 Å². The number of carboxylic acids is 1. The number of pyridine rings is 1. The van der Waals surface area contributed by atoms with Crippen LogP contribution in [-0.2, 0) is 14.3 Å². The molecule has 1 aromatic heterocycles.